The van der Waals surface area contributed by atoms with Crippen LogP contribution in [0.2, 0.25) is 0 Å². The summed E-state index contributed by atoms with van der Waals surface area (Å²) in [4.78, 5) is 0. The zero-order valence-electron chi connectivity index (χ0n) is 12.1. The normalized spacial score (nSPS) is 11.6. The first kappa shape index (κ1) is 15.3. The molecule has 0 aliphatic heterocycles. The molecule has 0 saturated heterocycles. The highest BCUT2D eigenvalue weighted by atomic mass is 79.9. The van der Waals surface area contributed by atoms with Crippen LogP contribution in [0.15, 0.2) is 4.47 Å². The molecular formula is C14H23BrN2O. The number of ether oxygens (including phenoxy) is 1. The molecule has 3 nitrogen and oxygen atoms in total. The van der Waals surface area contributed by atoms with Crippen molar-refractivity contribution < 1.29 is 4.74 Å². The summed E-state index contributed by atoms with van der Waals surface area (Å²) >= 11 is 3.64. The Bertz CT molecular complexity index is 450. The highest BCUT2D eigenvalue weighted by molar-refractivity contribution is 9.10. The van der Waals surface area contributed by atoms with Crippen molar-refractivity contribution in [2.45, 2.75) is 40.2 Å². The molecule has 4 heteroatoms. The minimum atomic E-state index is -0.261. The van der Waals surface area contributed by atoms with Crippen molar-refractivity contribution in [3.05, 3.63) is 21.2 Å². The van der Waals surface area contributed by atoms with Gasteiger partial charge in [-0.1, -0.05) is 15.9 Å². The van der Waals surface area contributed by atoms with E-state index in [0.29, 0.717) is 6.54 Å². The van der Waals surface area contributed by atoms with Crippen LogP contribution in [0, 0.1) is 20.8 Å². The summed E-state index contributed by atoms with van der Waals surface area (Å²) in [7, 11) is 1.70. The molecule has 1 aromatic carbocycles. The van der Waals surface area contributed by atoms with E-state index in [1.807, 2.05) is 13.8 Å². The molecule has 1 rings (SSSR count). The van der Waals surface area contributed by atoms with Crippen LogP contribution >= 0.6 is 15.9 Å². The molecule has 0 spiro atoms. The van der Waals surface area contributed by atoms with Crippen molar-refractivity contribution in [2.24, 2.45) is 5.73 Å². The summed E-state index contributed by atoms with van der Waals surface area (Å²) in [5.41, 5.74) is 10.3. The summed E-state index contributed by atoms with van der Waals surface area (Å²) < 4.78 is 6.66. The Hall–Kier alpha value is -0.740. The third-order valence-electron chi connectivity index (χ3n) is 3.09. The molecule has 0 amide bonds. The molecule has 0 unspecified atom stereocenters. The molecule has 3 N–H and O–H groups in total. The molecule has 0 aromatic heterocycles. The maximum atomic E-state index is 6.02. The number of rotatable bonds is 4. The van der Waals surface area contributed by atoms with Gasteiger partial charge in [0.15, 0.2) is 0 Å². The molecule has 18 heavy (non-hydrogen) atoms. The van der Waals surface area contributed by atoms with Crippen molar-refractivity contribution in [1.82, 2.24) is 0 Å². The SMILES string of the molecule is COc1c(C)c(C)c(Br)c(C)c1NCC(C)(C)N. The van der Waals surface area contributed by atoms with Gasteiger partial charge in [0.2, 0.25) is 0 Å². The van der Waals surface area contributed by atoms with E-state index >= 15 is 0 Å². The van der Waals surface area contributed by atoms with Gasteiger partial charge in [0.25, 0.3) is 0 Å². The van der Waals surface area contributed by atoms with E-state index in [-0.39, 0.29) is 5.54 Å². The second-order valence-corrected chi connectivity index (χ2v) is 6.23. The van der Waals surface area contributed by atoms with Gasteiger partial charge >= 0.3 is 0 Å². The van der Waals surface area contributed by atoms with Crippen LogP contribution in [0.3, 0.4) is 0 Å². The molecule has 0 bridgehead atoms. The Kier molecular flexibility index (Phi) is 4.67. The van der Waals surface area contributed by atoms with E-state index in [1.54, 1.807) is 7.11 Å². The zero-order valence-corrected chi connectivity index (χ0v) is 13.7. The predicted octanol–water partition coefficient (Wildman–Crippen LogP) is 3.53. The Morgan fingerprint density at radius 2 is 1.72 bits per heavy atom. The number of nitrogens with one attached hydrogen (secondary N) is 1. The molecule has 0 aliphatic carbocycles. The van der Waals surface area contributed by atoms with Gasteiger partial charge in [0.1, 0.15) is 5.75 Å². The number of anilines is 1. The van der Waals surface area contributed by atoms with Crippen LogP contribution in [0.1, 0.15) is 30.5 Å². The molecule has 1 aromatic rings. The van der Waals surface area contributed by atoms with E-state index < -0.39 is 0 Å². The predicted molar refractivity (Wildman–Crippen MR) is 81.7 cm³/mol. The van der Waals surface area contributed by atoms with Gasteiger partial charge in [0, 0.05) is 16.6 Å². The largest absolute Gasteiger partial charge is 0.494 e. The third-order valence-corrected chi connectivity index (χ3v) is 4.28. The van der Waals surface area contributed by atoms with Crippen molar-refractivity contribution in [3.8, 4) is 5.75 Å². The first-order valence-electron chi connectivity index (χ1n) is 6.05. The van der Waals surface area contributed by atoms with Crippen LogP contribution in [0.4, 0.5) is 5.69 Å². The minimum Gasteiger partial charge on any atom is -0.494 e. The molecule has 0 fully saturated rings. The minimum absolute atomic E-state index is 0.261. The third kappa shape index (κ3) is 3.18. The van der Waals surface area contributed by atoms with Gasteiger partial charge in [-0.05, 0) is 51.3 Å². The molecule has 0 atom stereocenters. The summed E-state index contributed by atoms with van der Waals surface area (Å²) in [6, 6.07) is 0. The molecule has 0 radical (unpaired) electrons. The van der Waals surface area contributed by atoms with E-state index in [0.717, 1.165) is 27.0 Å². The van der Waals surface area contributed by atoms with E-state index in [2.05, 4.69) is 42.0 Å². The maximum absolute atomic E-state index is 6.02. The smallest absolute Gasteiger partial charge is 0.145 e. The fourth-order valence-corrected chi connectivity index (χ4v) is 2.36. The summed E-state index contributed by atoms with van der Waals surface area (Å²) in [5, 5.41) is 3.40. The lowest BCUT2D eigenvalue weighted by Crippen LogP contribution is -2.39. The fourth-order valence-electron chi connectivity index (χ4n) is 1.87. The lowest BCUT2D eigenvalue weighted by molar-refractivity contribution is 0.412. The van der Waals surface area contributed by atoms with E-state index in [4.69, 9.17) is 10.5 Å². The molecule has 0 aliphatic rings. The standard InChI is InChI=1S/C14H23BrN2O/c1-8-9(2)13(18-6)12(10(3)11(8)15)17-7-14(4,5)16/h17H,7,16H2,1-6H3. The highest BCUT2D eigenvalue weighted by Gasteiger charge is 2.18. The zero-order chi connectivity index (χ0) is 14.1. The first-order valence-corrected chi connectivity index (χ1v) is 6.84. The highest BCUT2D eigenvalue weighted by Crippen LogP contribution is 2.39. The second kappa shape index (κ2) is 5.49. The van der Waals surface area contributed by atoms with Gasteiger partial charge < -0.3 is 15.8 Å². The first-order chi connectivity index (χ1) is 8.19. The van der Waals surface area contributed by atoms with Crippen molar-refractivity contribution >= 4 is 21.6 Å². The Labute approximate surface area is 118 Å². The molecule has 0 saturated carbocycles. The molecule has 102 valence electrons. The maximum Gasteiger partial charge on any atom is 0.145 e. The number of hydrogen-bond donors (Lipinski definition) is 2. The number of halogens is 1. The van der Waals surface area contributed by atoms with Crippen molar-refractivity contribution in [2.75, 3.05) is 19.0 Å². The average Bonchev–Trinajstić information content (AvgIpc) is 2.28. The Morgan fingerprint density at radius 1 is 1.17 bits per heavy atom. The van der Waals surface area contributed by atoms with Gasteiger partial charge in [0.05, 0.1) is 12.8 Å². The summed E-state index contributed by atoms with van der Waals surface area (Å²) in [6.07, 6.45) is 0. The summed E-state index contributed by atoms with van der Waals surface area (Å²) in [5.74, 6) is 0.900. The van der Waals surface area contributed by atoms with Crippen molar-refractivity contribution in [3.63, 3.8) is 0 Å². The Morgan fingerprint density at radius 3 is 2.17 bits per heavy atom. The van der Waals surface area contributed by atoms with Gasteiger partial charge in [-0.15, -0.1) is 0 Å². The lowest BCUT2D eigenvalue weighted by atomic mass is 10.0. The van der Waals surface area contributed by atoms with Gasteiger partial charge in [-0.25, -0.2) is 0 Å². The summed E-state index contributed by atoms with van der Waals surface area (Å²) in [6.45, 7) is 10.9. The second-order valence-electron chi connectivity index (χ2n) is 5.44. The van der Waals surface area contributed by atoms with Gasteiger partial charge in [-0.3, -0.25) is 0 Å². The average molecular weight is 315 g/mol. The van der Waals surface area contributed by atoms with E-state index in [1.165, 1.54) is 5.56 Å². The quantitative estimate of drug-likeness (QED) is 0.893. The fraction of sp³-hybridized carbons (Fsp3) is 0.571. The molecular weight excluding hydrogens is 292 g/mol. The van der Waals surface area contributed by atoms with Crippen LogP contribution in [-0.2, 0) is 0 Å². The number of nitrogens with two attached hydrogens (primary N) is 1. The number of benzene rings is 1. The van der Waals surface area contributed by atoms with Crippen LogP contribution < -0.4 is 15.8 Å². The molecule has 0 heterocycles. The lowest BCUT2D eigenvalue weighted by Gasteiger charge is -2.24. The van der Waals surface area contributed by atoms with Crippen LogP contribution in [0.5, 0.6) is 5.75 Å². The Balaban J connectivity index is 3.25. The van der Waals surface area contributed by atoms with Crippen LogP contribution in [0.25, 0.3) is 0 Å². The number of methoxy groups -OCH3 is 1. The van der Waals surface area contributed by atoms with Crippen molar-refractivity contribution in [1.29, 1.82) is 0 Å². The number of hydrogen-bond acceptors (Lipinski definition) is 3. The van der Waals surface area contributed by atoms with E-state index in [9.17, 15) is 0 Å². The topological polar surface area (TPSA) is 47.3 Å². The van der Waals surface area contributed by atoms with Gasteiger partial charge in [-0.2, -0.15) is 0 Å². The monoisotopic (exact) mass is 314 g/mol. The van der Waals surface area contributed by atoms with Crippen LogP contribution in [-0.4, -0.2) is 19.2 Å².